The largest absolute Gasteiger partial charge is 0.398 e. The highest BCUT2D eigenvalue weighted by Crippen LogP contribution is 2.35. The van der Waals surface area contributed by atoms with E-state index >= 15 is 0 Å². The van der Waals surface area contributed by atoms with E-state index in [2.05, 4.69) is 22.0 Å². The Morgan fingerprint density at radius 2 is 2.31 bits per heavy atom. The summed E-state index contributed by atoms with van der Waals surface area (Å²) in [5, 5.41) is 3.21. The number of nitrogen functional groups attached to an aromatic ring is 1. The van der Waals surface area contributed by atoms with Gasteiger partial charge in [0, 0.05) is 20.4 Å². The SMILES string of the molecule is Nc1c(CCl)cc2sccc2c1Br. The summed E-state index contributed by atoms with van der Waals surface area (Å²) >= 11 is 10.9. The van der Waals surface area contributed by atoms with Gasteiger partial charge in [-0.1, -0.05) is 0 Å². The third-order valence-corrected chi connectivity index (χ3v) is 3.97. The quantitative estimate of drug-likeness (QED) is 0.619. The number of hydrogen-bond donors (Lipinski definition) is 1. The number of rotatable bonds is 1. The Balaban J connectivity index is 2.83. The Morgan fingerprint density at radius 3 is 3.00 bits per heavy atom. The molecule has 2 rings (SSSR count). The molecule has 0 aliphatic carbocycles. The first-order chi connectivity index (χ1) is 6.24. The molecule has 0 saturated heterocycles. The summed E-state index contributed by atoms with van der Waals surface area (Å²) in [6.45, 7) is 0. The normalized spacial score (nSPS) is 10.9. The lowest BCUT2D eigenvalue weighted by Crippen LogP contribution is -1.92. The number of nitrogens with two attached hydrogens (primary N) is 1. The van der Waals surface area contributed by atoms with Crippen molar-refractivity contribution in [3.8, 4) is 0 Å². The van der Waals surface area contributed by atoms with E-state index in [-0.39, 0.29) is 0 Å². The van der Waals surface area contributed by atoms with Crippen LogP contribution in [0.3, 0.4) is 0 Å². The molecule has 4 heteroatoms. The third-order valence-electron chi connectivity index (χ3n) is 1.96. The number of alkyl halides is 1. The van der Waals surface area contributed by atoms with E-state index in [1.165, 1.54) is 4.70 Å². The first-order valence-electron chi connectivity index (χ1n) is 3.74. The lowest BCUT2D eigenvalue weighted by Gasteiger charge is -2.05. The van der Waals surface area contributed by atoms with E-state index in [9.17, 15) is 0 Å². The van der Waals surface area contributed by atoms with Crippen LogP contribution in [0.5, 0.6) is 0 Å². The van der Waals surface area contributed by atoms with E-state index in [0.29, 0.717) is 5.88 Å². The fourth-order valence-electron chi connectivity index (χ4n) is 1.25. The molecule has 0 spiro atoms. The molecule has 1 nitrogen and oxygen atoms in total. The zero-order chi connectivity index (χ0) is 9.42. The third kappa shape index (κ3) is 1.45. The Kier molecular flexibility index (Phi) is 2.49. The van der Waals surface area contributed by atoms with Crippen molar-refractivity contribution in [3.05, 3.63) is 27.5 Å². The fraction of sp³-hybridized carbons (Fsp3) is 0.111. The van der Waals surface area contributed by atoms with Crippen molar-refractivity contribution in [3.63, 3.8) is 0 Å². The summed E-state index contributed by atoms with van der Waals surface area (Å²) in [5.41, 5.74) is 7.63. The van der Waals surface area contributed by atoms with Crippen LogP contribution in [0.4, 0.5) is 5.69 Å². The van der Waals surface area contributed by atoms with E-state index < -0.39 is 0 Å². The van der Waals surface area contributed by atoms with Gasteiger partial charge < -0.3 is 5.73 Å². The minimum absolute atomic E-state index is 0.457. The zero-order valence-corrected chi connectivity index (χ0v) is 9.84. The van der Waals surface area contributed by atoms with Gasteiger partial charge in [0.2, 0.25) is 0 Å². The van der Waals surface area contributed by atoms with Crippen molar-refractivity contribution in [1.29, 1.82) is 0 Å². The first kappa shape index (κ1) is 9.31. The molecule has 2 N–H and O–H groups in total. The predicted octanol–water partition coefficient (Wildman–Crippen LogP) is 3.98. The van der Waals surface area contributed by atoms with Crippen LogP contribution < -0.4 is 5.73 Å². The number of halogens is 2. The van der Waals surface area contributed by atoms with Gasteiger partial charge in [0.25, 0.3) is 0 Å². The van der Waals surface area contributed by atoms with Crippen LogP contribution >= 0.6 is 38.9 Å². The molecule has 68 valence electrons. The van der Waals surface area contributed by atoms with E-state index in [1.54, 1.807) is 11.3 Å². The highest BCUT2D eigenvalue weighted by atomic mass is 79.9. The molecule has 1 aromatic carbocycles. The van der Waals surface area contributed by atoms with Crippen LogP contribution in [0.1, 0.15) is 5.56 Å². The monoisotopic (exact) mass is 275 g/mol. The maximum Gasteiger partial charge on any atom is 0.0510 e. The second-order valence-electron chi connectivity index (χ2n) is 2.73. The minimum atomic E-state index is 0.457. The molecule has 13 heavy (non-hydrogen) atoms. The fourth-order valence-corrected chi connectivity index (χ4v) is 3.06. The number of fused-ring (bicyclic) bond motifs is 1. The van der Waals surface area contributed by atoms with Gasteiger partial charge >= 0.3 is 0 Å². The second kappa shape index (κ2) is 3.48. The summed E-state index contributed by atoms with van der Waals surface area (Å²) < 4.78 is 2.18. The Hall–Kier alpha value is -0.250. The lowest BCUT2D eigenvalue weighted by atomic mass is 10.1. The van der Waals surface area contributed by atoms with Crippen LogP contribution in [0.25, 0.3) is 10.1 Å². The van der Waals surface area contributed by atoms with Crippen molar-refractivity contribution in [2.45, 2.75) is 5.88 Å². The second-order valence-corrected chi connectivity index (χ2v) is 4.74. The topological polar surface area (TPSA) is 26.0 Å². The minimum Gasteiger partial charge on any atom is -0.398 e. The van der Waals surface area contributed by atoms with E-state index in [4.69, 9.17) is 17.3 Å². The molecule has 0 unspecified atom stereocenters. The molecular weight excluding hydrogens is 270 g/mol. The van der Waals surface area contributed by atoms with Crippen LogP contribution in [-0.2, 0) is 5.88 Å². The summed E-state index contributed by atoms with van der Waals surface area (Å²) in [5.74, 6) is 0.457. The molecule has 1 aromatic heterocycles. The van der Waals surface area contributed by atoms with E-state index in [1.807, 2.05) is 11.4 Å². The number of thiophene rings is 1. The number of anilines is 1. The Labute approximate surface area is 93.6 Å². The van der Waals surface area contributed by atoms with Crippen LogP contribution in [0.2, 0.25) is 0 Å². The number of hydrogen-bond acceptors (Lipinski definition) is 2. The average molecular weight is 277 g/mol. The summed E-state index contributed by atoms with van der Waals surface area (Å²) in [4.78, 5) is 0. The van der Waals surface area contributed by atoms with Gasteiger partial charge in [0.15, 0.2) is 0 Å². The van der Waals surface area contributed by atoms with Gasteiger partial charge in [0.05, 0.1) is 5.69 Å². The lowest BCUT2D eigenvalue weighted by molar-refractivity contribution is 1.42. The van der Waals surface area contributed by atoms with E-state index in [0.717, 1.165) is 21.1 Å². The molecular formula is C9H7BrClNS. The molecule has 0 saturated carbocycles. The average Bonchev–Trinajstić information content (AvgIpc) is 2.59. The molecule has 0 aliphatic rings. The standard InChI is InChI=1S/C9H7BrClNS/c10-8-6-1-2-13-7(6)3-5(4-11)9(8)12/h1-3H,4,12H2. The Morgan fingerprint density at radius 1 is 1.54 bits per heavy atom. The van der Waals surface area contributed by atoms with Gasteiger partial charge in [-0.3, -0.25) is 0 Å². The van der Waals surface area contributed by atoms with Crippen molar-refractivity contribution in [2.75, 3.05) is 5.73 Å². The van der Waals surface area contributed by atoms with Crippen molar-refractivity contribution >= 4 is 54.6 Å². The maximum absolute atomic E-state index is 5.89. The maximum atomic E-state index is 5.89. The molecule has 0 radical (unpaired) electrons. The molecule has 0 aliphatic heterocycles. The smallest absolute Gasteiger partial charge is 0.0510 e. The van der Waals surface area contributed by atoms with Crippen molar-refractivity contribution in [2.24, 2.45) is 0 Å². The molecule has 0 atom stereocenters. The zero-order valence-electron chi connectivity index (χ0n) is 6.68. The molecule has 0 amide bonds. The Bertz CT molecular complexity index is 452. The summed E-state index contributed by atoms with van der Waals surface area (Å²) in [7, 11) is 0. The van der Waals surface area contributed by atoms with Crippen LogP contribution in [0.15, 0.2) is 22.0 Å². The van der Waals surface area contributed by atoms with Gasteiger partial charge in [0.1, 0.15) is 0 Å². The highest BCUT2D eigenvalue weighted by molar-refractivity contribution is 9.10. The van der Waals surface area contributed by atoms with Crippen LogP contribution in [0, 0.1) is 0 Å². The van der Waals surface area contributed by atoms with Crippen molar-refractivity contribution in [1.82, 2.24) is 0 Å². The van der Waals surface area contributed by atoms with Crippen LogP contribution in [-0.4, -0.2) is 0 Å². The summed E-state index contributed by atoms with van der Waals surface area (Å²) in [6, 6.07) is 4.10. The van der Waals surface area contributed by atoms with Gasteiger partial charge in [-0.25, -0.2) is 0 Å². The molecule has 0 fully saturated rings. The van der Waals surface area contributed by atoms with Gasteiger partial charge in [-0.15, -0.1) is 22.9 Å². The molecule has 2 aromatic rings. The first-order valence-corrected chi connectivity index (χ1v) is 5.94. The summed E-state index contributed by atoms with van der Waals surface area (Å²) in [6.07, 6.45) is 0. The van der Waals surface area contributed by atoms with Gasteiger partial charge in [-0.05, 0) is 39.0 Å². The highest BCUT2D eigenvalue weighted by Gasteiger charge is 2.08. The predicted molar refractivity (Wildman–Crippen MR) is 63.5 cm³/mol. The molecule has 0 bridgehead atoms. The van der Waals surface area contributed by atoms with Crippen molar-refractivity contribution < 1.29 is 0 Å². The molecule has 1 heterocycles. The van der Waals surface area contributed by atoms with Gasteiger partial charge in [-0.2, -0.15) is 0 Å². The number of benzene rings is 1.